The topological polar surface area (TPSA) is 82.8 Å². The standard InChI is InChI=1S/C22H21BrClN3O4/c1-4-30-20(28)12-31-19-8-6-16(24)9-14(19)11-25-27-21(13(2)3)26-18-7-5-15(23)10-17(18)22(27)29/h5-11,13H,4,12H2,1-3H3. The smallest absolute Gasteiger partial charge is 0.344 e. The molecule has 1 heterocycles. The molecular formula is C22H21BrClN3O4. The first-order chi connectivity index (χ1) is 14.8. The van der Waals surface area contributed by atoms with E-state index in [-0.39, 0.29) is 24.7 Å². The maximum Gasteiger partial charge on any atom is 0.344 e. The number of hydrogen-bond acceptors (Lipinski definition) is 6. The molecular weight excluding hydrogens is 486 g/mol. The Balaban J connectivity index is 2.04. The quantitative estimate of drug-likeness (QED) is 0.341. The molecule has 0 saturated carbocycles. The Bertz CT molecular complexity index is 1210. The molecule has 162 valence electrons. The second-order valence-electron chi connectivity index (χ2n) is 6.92. The van der Waals surface area contributed by atoms with Gasteiger partial charge in [0.1, 0.15) is 11.6 Å². The van der Waals surface area contributed by atoms with E-state index in [0.29, 0.717) is 33.1 Å². The third-order valence-electron chi connectivity index (χ3n) is 4.28. The summed E-state index contributed by atoms with van der Waals surface area (Å²) in [6.07, 6.45) is 1.46. The average molecular weight is 507 g/mol. The summed E-state index contributed by atoms with van der Waals surface area (Å²) in [5.74, 6) is 0.378. The Morgan fingerprint density at radius 3 is 2.77 bits per heavy atom. The van der Waals surface area contributed by atoms with Gasteiger partial charge in [-0.3, -0.25) is 4.79 Å². The molecule has 9 heteroatoms. The van der Waals surface area contributed by atoms with Crippen LogP contribution in [0.3, 0.4) is 0 Å². The first-order valence-electron chi connectivity index (χ1n) is 9.64. The van der Waals surface area contributed by atoms with Gasteiger partial charge in [0.25, 0.3) is 5.56 Å². The van der Waals surface area contributed by atoms with Gasteiger partial charge in [0, 0.05) is 21.0 Å². The third kappa shape index (κ3) is 5.51. The molecule has 0 spiro atoms. The molecule has 0 aliphatic carbocycles. The normalized spacial score (nSPS) is 11.4. The summed E-state index contributed by atoms with van der Waals surface area (Å²) >= 11 is 9.51. The summed E-state index contributed by atoms with van der Waals surface area (Å²) in [5.41, 5.74) is 0.819. The minimum Gasteiger partial charge on any atom is -0.481 e. The summed E-state index contributed by atoms with van der Waals surface area (Å²) in [4.78, 5) is 29.4. The number of ether oxygens (including phenoxy) is 2. The van der Waals surface area contributed by atoms with E-state index in [1.165, 1.54) is 10.9 Å². The highest BCUT2D eigenvalue weighted by Crippen LogP contribution is 2.22. The molecule has 0 bridgehead atoms. The van der Waals surface area contributed by atoms with E-state index in [0.717, 1.165) is 4.47 Å². The molecule has 0 N–H and O–H groups in total. The van der Waals surface area contributed by atoms with Gasteiger partial charge in [-0.1, -0.05) is 41.4 Å². The van der Waals surface area contributed by atoms with Gasteiger partial charge in [0.05, 0.1) is 23.7 Å². The number of carbonyl (C=O) groups excluding carboxylic acids is 1. The zero-order valence-electron chi connectivity index (χ0n) is 17.3. The Hall–Kier alpha value is -2.71. The fourth-order valence-corrected chi connectivity index (χ4v) is 3.40. The Kier molecular flexibility index (Phi) is 7.46. The lowest BCUT2D eigenvalue weighted by Gasteiger charge is -2.12. The van der Waals surface area contributed by atoms with E-state index in [1.54, 1.807) is 37.3 Å². The van der Waals surface area contributed by atoms with Gasteiger partial charge < -0.3 is 9.47 Å². The van der Waals surface area contributed by atoms with Crippen molar-refractivity contribution in [2.45, 2.75) is 26.7 Å². The van der Waals surface area contributed by atoms with Crippen LogP contribution in [0.4, 0.5) is 0 Å². The van der Waals surface area contributed by atoms with Crippen molar-refractivity contribution in [1.29, 1.82) is 0 Å². The van der Waals surface area contributed by atoms with E-state index in [4.69, 9.17) is 21.1 Å². The van der Waals surface area contributed by atoms with Crippen LogP contribution in [0.5, 0.6) is 5.75 Å². The minimum atomic E-state index is -0.483. The molecule has 0 aliphatic heterocycles. The van der Waals surface area contributed by atoms with Gasteiger partial charge in [-0.2, -0.15) is 9.78 Å². The van der Waals surface area contributed by atoms with Crippen LogP contribution >= 0.6 is 27.5 Å². The average Bonchev–Trinajstić information content (AvgIpc) is 2.72. The van der Waals surface area contributed by atoms with E-state index in [1.807, 2.05) is 19.9 Å². The van der Waals surface area contributed by atoms with Crippen LogP contribution < -0.4 is 10.3 Å². The van der Waals surface area contributed by atoms with Crippen molar-refractivity contribution in [3.63, 3.8) is 0 Å². The van der Waals surface area contributed by atoms with Crippen LogP contribution in [0.2, 0.25) is 5.02 Å². The van der Waals surface area contributed by atoms with Gasteiger partial charge >= 0.3 is 5.97 Å². The summed E-state index contributed by atoms with van der Waals surface area (Å²) in [5, 5.41) is 5.29. The molecule has 7 nitrogen and oxygen atoms in total. The van der Waals surface area contributed by atoms with Gasteiger partial charge in [-0.15, -0.1) is 0 Å². The second kappa shape index (κ2) is 10.1. The van der Waals surface area contributed by atoms with E-state index >= 15 is 0 Å². The molecule has 0 radical (unpaired) electrons. The third-order valence-corrected chi connectivity index (χ3v) is 5.01. The number of aromatic nitrogens is 2. The molecule has 0 atom stereocenters. The van der Waals surface area contributed by atoms with E-state index < -0.39 is 5.97 Å². The fourth-order valence-electron chi connectivity index (χ4n) is 2.86. The van der Waals surface area contributed by atoms with Gasteiger partial charge in [-0.25, -0.2) is 9.78 Å². The summed E-state index contributed by atoms with van der Waals surface area (Å²) in [7, 11) is 0. The van der Waals surface area contributed by atoms with Crippen LogP contribution in [0.15, 0.2) is 50.8 Å². The number of rotatable bonds is 7. The summed E-state index contributed by atoms with van der Waals surface area (Å²) in [6.45, 7) is 5.61. The van der Waals surface area contributed by atoms with Crippen LogP contribution in [0.25, 0.3) is 10.9 Å². The van der Waals surface area contributed by atoms with Crippen molar-refractivity contribution in [3.05, 3.63) is 67.6 Å². The Morgan fingerprint density at radius 1 is 1.29 bits per heavy atom. The van der Waals surface area contributed by atoms with Crippen LogP contribution in [-0.4, -0.2) is 35.1 Å². The maximum atomic E-state index is 13.1. The maximum absolute atomic E-state index is 13.1. The molecule has 3 aromatic rings. The molecule has 2 aromatic carbocycles. The number of halogens is 2. The lowest BCUT2D eigenvalue weighted by molar-refractivity contribution is -0.145. The van der Waals surface area contributed by atoms with Gasteiger partial charge in [0.2, 0.25) is 0 Å². The largest absolute Gasteiger partial charge is 0.481 e. The number of carbonyl (C=O) groups is 1. The molecule has 3 rings (SSSR count). The summed E-state index contributed by atoms with van der Waals surface area (Å²) in [6, 6.07) is 10.3. The van der Waals surface area contributed by atoms with Crippen molar-refractivity contribution in [3.8, 4) is 5.75 Å². The SMILES string of the molecule is CCOC(=O)COc1ccc(Cl)cc1C=Nn1c(C(C)C)nc2ccc(Br)cc2c1=O. The number of hydrogen-bond donors (Lipinski definition) is 0. The predicted octanol–water partition coefficient (Wildman–Crippen LogP) is 4.76. The van der Waals surface area contributed by atoms with Gasteiger partial charge in [-0.05, 0) is 43.3 Å². The lowest BCUT2D eigenvalue weighted by atomic mass is 10.2. The number of fused-ring (bicyclic) bond motifs is 1. The monoisotopic (exact) mass is 505 g/mol. The first kappa shape index (κ1) is 23.0. The number of benzene rings is 2. The van der Waals surface area contributed by atoms with Crippen molar-refractivity contribution >= 4 is 50.6 Å². The van der Waals surface area contributed by atoms with Crippen molar-refractivity contribution in [2.24, 2.45) is 5.10 Å². The highest BCUT2D eigenvalue weighted by Gasteiger charge is 2.14. The minimum absolute atomic E-state index is 0.0446. The van der Waals surface area contributed by atoms with Crippen LogP contribution in [0.1, 0.15) is 38.1 Å². The molecule has 0 fully saturated rings. The molecule has 1 aromatic heterocycles. The van der Waals surface area contributed by atoms with Crippen molar-refractivity contribution in [2.75, 3.05) is 13.2 Å². The fraction of sp³-hybridized carbons (Fsp3) is 0.273. The van der Waals surface area contributed by atoms with Crippen LogP contribution in [-0.2, 0) is 9.53 Å². The highest BCUT2D eigenvalue weighted by molar-refractivity contribution is 9.10. The summed E-state index contributed by atoms with van der Waals surface area (Å²) < 4.78 is 12.5. The van der Waals surface area contributed by atoms with E-state index in [2.05, 4.69) is 26.0 Å². The van der Waals surface area contributed by atoms with Crippen molar-refractivity contribution < 1.29 is 14.3 Å². The van der Waals surface area contributed by atoms with Gasteiger partial charge in [0.15, 0.2) is 6.61 Å². The molecule has 0 saturated heterocycles. The molecule has 0 aliphatic rings. The first-order valence-corrected chi connectivity index (χ1v) is 10.8. The predicted molar refractivity (Wildman–Crippen MR) is 124 cm³/mol. The lowest BCUT2D eigenvalue weighted by Crippen LogP contribution is -2.23. The Labute approximate surface area is 192 Å². The highest BCUT2D eigenvalue weighted by atomic mass is 79.9. The zero-order valence-corrected chi connectivity index (χ0v) is 19.6. The molecule has 31 heavy (non-hydrogen) atoms. The second-order valence-corrected chi connectivity index (χ2v) is 8.28. The van der Waals surface area contributed by atoms with E-state index in [9.17, 15) is 9.59 Å². The Morgan fingerprint density at radius 2 is 2.06 bits per heavy atom. The number of nitrogens with zero attached hydrogens (tertiary/aromatic N) is 3. The molecule has 0 amide bonds. The number of esters is 1. The van der Waals surface area contributed by atoms with Crippen molar-refractivity contribution in [1.82, 2.24) is 9.66 Å². The molecule has 0 unspecified atom stereocenters. The van der Waals surface area contributed by atoms with Crippen LogP contribution in [0, 0.1) is 0 Å². The zero-order chi connectivity index (χ0) is 22.5.